The lowest BCUT2D eigenvalue weighted by atomic mass is 10.1. The number of nitrogens with zero attached hydrogens (tertiary/aromatic N) is 1. The quantitative estimate of drug-likeness (QED) is 0.810. The molecule has 0 aliphatic heterocycles. The number of benzene rings is 1. The predicted molar refractivity (Wildman–Crippen MR) is 77.7 cm³/mol. The van der Waals surface area contributed by atoms with Crippen molar-refractivity contribution in [2.75, 3.05) is 19.4 Å². The zero-order valence-corrected chi connectivity index (χ0v) is 11.3. The molecule has 5 heteroatoms. The van der Waals surface area contributed by atoms with E-state index >= 15 is 0 Å². The van der Waals surface area contributed by atoms with E-state index in [-0.39, 0.29) is 5.91 Å². The van der Waals surface area contributed by atoms with Gasteiger partial charge in [0.15, 0.2) is 5.75 Å². The van der Waals surface area contributed by atoms with Crippen LogP contribution in [0.3, 0.4) is 0 Å². The van der Waals surface area contributed by atoms with E-state index in [0.717, 1.165) is 12.0 Å². The highest BCUT2D eigenvalue weighted by molar-refractivity contribution is 5.98. The van der Waals surface area contributed by atoms with Crippen molar-refractivity contribution in [2.24, 2.45) is 0 Å². The fourth-order valence-electron chi connectivity index (χ4n) is 1.92. The predicted octanol–water partition coefficient (Wildman–Crippen LogP) is 1.64. The number of rotatable bonds is 5. The molecule has 0 spiro atoms. The third-order valence-corrected chi connectivity index (χ3v) is 2.92. The van der Waals surface area contributed by atoms with Gasteiger partial charge in [-0.15, -0.1) is 0 Å². The van der Waals surface area contributed by atoms with Crippen molar-refractivity contribution in [2.45, 2.75) is 6.42 Å². The Morgan fingerprint density at radius 1 is 1.35 bits per heavy atom. The van der Waals surface area contributed by atoms with E-state index in [0.29, 0.717) is 23.5 Å². The van der Waals surface area contributed by atoms with Gasteiger partial charge in [-0.2, -0.15) is 0 Å². The van der Waals surface area contributed by atoms with Gasteiger partial charge in [0, 0.05) is 18.9 Å². The number of anilines is 1. The molecule has 5 nitrogen and oxygen atoms in total. The third-order valence-electron chi connectivity index (χ3n) is 2.92. The van der Waals surface area contributed by atoms with Crippen molar-refractivity contribution < 1.29 is 9.53 Å². The van der Waals surface area contributed by atoms with Crippen LogP contribution >= 0.6 is 0 Å². The second kappa shape index (κ2) is 6.56. The van der Waals surface area contributed by atoms with Crippen LogP contribution in [0.15, 0.2) is 42.7 Å². The van der Waals surface area contributed by atoms with Crippen molar-refractivity contribution in [3.63, 3.8) is 0 Å². The minimum absolute atomic E-state index is 0.196. The number of carbonyl (C=O) groups excluding carboxylic acids is 1. The third kappa shape index (κ3) is 3.26. The molecule has 0 aliphatic carbocycles. The van der Waals surface area contributed by atoms with Crippen LogP contribution in [0.4, 0.5) is 5.69 Å². The summed E-state index contributed by atoms with van der Waals surface area (Å²) in [6.07, 6.45) is 4.23. The van der Waals surface area contributed by atoms with E-state index in [1.807, 2.05) is 12.1 Å². The Hall–Kier alpha value is -2.56. The molecule has 20 heavy (non-hydrogen) atoms. The summed E-state index contributed by atoms with van der Waals surface area (Å²) in [6.45, 7) is 0.530. The molecule has 2 rings (SSSR count). The molecule has 0 unspecified atom stereocenters. The highest BCUT2D eigenvalue weighted by Gasteiger charge is 2.13. The number of pyridine rings is 1. The number of amides is 1. The summed E-state index contributed by atoms with van der Waals surface area (Å²) in [5.74, 6) is 0.212. The smallest absolute Gasteiger partial charge is 0.255 e. The van der Waals surface area contributed by atoms with Gasteiger partial charge in [-0.25, -0.2) is 0 Å². The number of hydrogen-bond acceptors (Lipinski definition) is 4. The molecule has 1 amide bonds. The van der Waals surface area contributed by atoms with Crippen LogP contribution in [0.5, 0.6) is 5.75 Å². The number of hydrogen-bond donors (Lipinski definition) is 2. The summed E-state index contributed by atoms with van der Waals surface area (Å²) < 4.78 is 5.17. The van der Waals surface area contributed by atoms with Crippen LogP contribution in [0, 0.1) is 0 Å². The Morgan fingerprint density at radius 2 is 2.20 bits per heavy atom. The molecule has 1 aromatic carbocycles. The molecule has 3 N–H and O–H groups in total. The van der Waals surface area contributed by atoms with Gasteiger partial charge in [-0.05, 0) is 30.2 Å². The number of nitrogens with two attached hydrogens (primary N) is 1. The Kier molecular flexibility index (Phi) is 4.55. The van der Waals surface area contributed by atoms with Gasteiger partial charge in [-0.1, -0.05) is 12.1 Å². The second-order valence-corrected chi connectivity index (χ2v) is 4.30. The number of aromatic nitrogens is 1. The molecular formula is C15H17N3O2. The van der Waals surface area contributed by atoms with Crippen LogP contribution in [-0.4, -0.2) is 24.5 Å². The maximum absolute atomic E-state index is 12.1. The fraction of sp³-hybridized carbons (Fsp3) is 0.200. The minimum atomic E-state index is -0.196. The number of nitrogens with one attached hydrogen (secondary N) is 1. The van der Waals surface area contributed by atoms with Gasteiger partial charge in [0.05, 0.1) is 18.4 Å². The van der Waals surface area contributed by atoms with E-state index in [9.17, 15) is 4.79 Å². The van der Waals surface area contributed by atoms with Crippen LogP contribution in [0.25, 0.3) is 0 Å². The standard InChI is InChI=1S/C15H17N3O2/c1-20-14-12(5-2-6-13(14)16)15(19)18-9-7-11-4-3-8-17-10-11/h2-6,8,10H,7,9,16H2,1H3,(H,18,19). The van der Waals surface area contributed by atoms with Gasteiger partial charge < -0.3 is 15.8 Å². The average molecular weight is 271 g/mol. The SMILES string of the molecule is COc1c(N)cccc1C(=O)NCCc1cccnc1. The maximum atomic E-state index is 12.1. The molecule has 0 aliphatic rings. The Bertz CT molecular complexity index is 585. The normalized spacial score (nSPS) is 10.1. The van der Waals surface area contributed by atoms with Gasteiger partial charge in [0.2, 0.25) is 0 Å². The van der Waals surface area contributed by atoms with Crippen molar-refractivity contribution in [3.05, 3.63) is 53.9 Å². The summed E-state index contributed by atoms with van der Waals surface area (Å²) in [5, 5.41) is 2.85. The van der Waals surface area contributed by atoms with E-state index in [1.165, 1.54) is 7.11 Å². The molecule has 1 heterocycles. The Balaban J connectivity index is 1.97. The second-order valence-electron chi connectivity index (χ2n) is 4.30. The molecule has 0 radical (unpaired) electrons. The van der Waals surface area contributed by atoms with Gasteiger partial charge in [0.1, 0.15) is 0 Å². The van der Waals surface area contributed by atoms with E-state index in [2.05, 4.69) is 10.3 Å². The largest absolute Gasteiger partial charge is 0.494 e. The summed E-state index contributed by atoms with van der Waals surface area (Å²) >= 11 is 0. The average Bonchev–Trinajstić information content (AvgIpc) is 2.48. The zero-order chi connectivity index (χ0) is 14.4. The van der Waals surface area contributed by atoms with E-state index in [1.54, 1.807) is 30.6 Å². The molecule has 0 bridgehead atoms. The van der Waals surface area contributed by atoms with Crippen molar-refractivity contribution in [1.29, 1.82) is 0 Å². The highest BCUT2D eigenvalue weighted by atomic mass is 16.5. The zero-order valence-electron chi connectivity index (χ0n) is 11.3. The first-order valence-electron chi connectivity index (χ1n) is 6.32. The lowest BCUT2D eigenvalue weighted by molar-refractivity contribution is 0.0951. The fourth-order valence-corrected chi connectivity index (χ4v) is 1.92. The Labute approximate surface area is 117 Å². The number of nitrogen functional groups attached to an aromatic ring is 1. The first kappa shape index (κ1) is 13.9. The number of ether oxygens (including phenoxy) is 1. The van der Waals surface area contributed by atoms with Gasteiger partial charge >= 0.3 is 0 Å². The molecule has 2 aromatic rings. The topological polar surface area (TPSA) is 77.2 Å². The first-order chi connectivity index (χ1) is 9.72. The van der Waals surface area contributed by atoms with Crippen molar-refractivity contribution in [3.8, 4) is 5.75 Å². The number of methoxy groups -OCH3 is 1. The lowest BCUT2D eigenvalue weighted by Gasteiger charge is -2.11. The molecule has 1 aromatic heterocycles. The molecule has 0 fully saturated rings. The van der Waals surface area contributed by atoms with Crippen LogP contribution in [-0.2, 0) is 6.42 Å². The Morgan fingerprint density at radius 3 is 2.90 bits per heavy atom. The summed E-state index contributed by atoms with van der Waals surface area (Å²) in [6, 6.07) is 8.96. The lowest BCUT2D eigenvalue weighted by Crippen LogP contribution is -2.26. The summed E-state index contributed by atoms with van der Waals surface area (Å²) in [4.78, 5) is 16.1. The van der Waals surface area contributed by atoms with E-state index in [4.69, 9.17) is 10.5 Å². The molecule has 0 saturated carbocycles. The number of para-hydroxylation sites is 1. The number of carbonyl (C=O) groups is 1. The molecule has 0 saturated heterocycles. The van der Waals surface area contributed by atoms with Gasteiger partial charge in [0.25, 0.3) is 5.91 Å². The van der Waals surface area contributed by atoms with Crippen LogP contribution in [0.2, 0.25) is 0 Å². The van der Waals surface area contributed by atoms with Gasteiger partial charge in [-0.3, -0.25) is 9.78 Å². The first-order valence-corrected chi connectivity index (χ1v) is 6.32. The van der Waals surface area contributed by atoms with Crippen molar-refractivity contribution in [1.82, 2.24) is 10.3 Å². The van der Waals surface area contributed by atoms with Crippen LogP contribution in [0.1, 0.15) is 15.9 Å². The molecule has 104 valence electrons. The van der Waals surface area contributed by atoms with Crippen molar-refractivity contribution >= 4 is 11.6 Å². The summed E-state index contributed by atoms with van der Waals surface area (Å²) in [5.41, 5.74) is 7.75. The van der Waals surface area contributed by atoms with E-state index < -0.39 is 0 Å². The summed E-state index contributed by atoms with van der Waals surface area (Å²) in [7, 11) is 1.50. The minimum Gasteiger partial charge on any atom is -0.494 e. The monoisotopic (exact) mass is 271 g/mol. The van der Waals surface area contributed by atoms with Crippen LogP contribution < -0.4 is 15.8 Å². The molecular weight excluding hydrogens is 254 g/mol. The highest BCUT2D eigenvalue weighted by Crippen LogP contribution is 2.25. The molecule has 0 atom stereocenters. The maximum Gasteiger partial charge on any atom is 0.255 e.